The lowest BCUT2D eigenvalue weighted by molar-refractivity contribution is -0.142. The summed E-state index contributed by atoms with van der Waals surface area (Å²) in [5.74, 6) is 0.312. The quantitative estimate of drug-likeness (QED) is 0.697. The van der Waals surface area contributed by atoms with E-state index in [-0.39, 0.29) is 24.5 Å². The molecule has 0 spiro atoms. The zero-order valence-corrected chi connectivity index (χ0v) is 18.1. The maximum absolute atomic E-state index is 13.0. The number of ether oxygens (including phenoxy) is 1. The number of benzene rings is 2. The molecule has 0 heterocycles. The Hall–Kier alpha value is -2.82. The van der Waals surface area contributed by atoms with Gasteiger partial charge in [0.1, 0.15) is 11.8 Å². The van der Waals surface area contributed by atoms with Crippen LogP contribution in [-0.4, -0.2) is 35.4 Å². The summed E-state index contributed by atoms with van der Waals surface area (Å²) in [7, 11) is 0. The van der Waals surface area contributed by atoms with Crippen LogP contribution in [0.5, 0.6) is 5.75 Å². The topological polar surface area (TPSA) is 58.6 Å². The largest absolute Gasteiger partial charge is 0.483 e. The van der Waals surface area contributed by atoms with Crippen molar-refractivity contribution in [3.05, 3.63) is 65.2 Å². The van der Waals surface area contributed by atoms with Crippen LogP contribution in [0.4, 0.5) is 0 Å². The molecule has 0 radical (unpaired) electrons. The average Bonchev–Trinajstić information content (AvgIpc) is 2.72. The number of hydrogen-bond acceptors (Lipinski definition) is 3. The van der Waals surface area contributed by atoms with Crippen molar-refractivity contribution < 1.29 is 14.3 Å². The van der Waals surface area contributed by atoms with E-state index in [2.05, 4.69) is 5.32 Å². The minimum Gasteiger partial charge on any atom is -0.483 e. The van der Waals surface area contributed by atoms with Crippen LogP contribution in [0, 0.1) is 13.8 Å². The highest BCUT2D eigenvalue weighted by atomic mass is 16.5. The lowest BCUT2D eigenvalue weighted by atomic mass is 10.1. The lowest BCUT2D eigenvalue weighted by Crippen LogP contribution is -2.50. The molecule has 2 rings (SSSR count). The minimum atomic E-state index is -0.598. The van der Waals surface area contributed by atoms with Crippen LogP contribution < -0.4 is 10.1 Å². The molecule has 5 heteroatoms. The van der Waals surface area contributed by atoms with Crippen molar-refractivity contribution >= 4 is 11.8 Å². The van der Waals surface area contributed by atoms with E-state index in [1.807, 2.05) is 76.2 Å². The van der Waals surface area contributed by atoms with Crippen molar-refractivity contribution in [2.24, 2.45) is 0 Å². The first-order valence-electron chi connectivity index (χ1n) is 10.2. The standard InChI is InChI=1S/C24H32N2O3/c1-6-19(4)25-24(28)20(5)26(15-21-10-8-7-9-11-21)23(27)16-29-22-14-17(2)12-13-18(22)3/h7-14,19-20H,6,15-16H2,1-5H3,(H,25,28). The molecule has 2 atom stereocenters. The Morgan fingerprint density at radius 2 is 1.76 bits per heavy atom. The van der Waals surface area contributed by atoms with Crippen molar-refractivity contribution in [2.45, 2.75) is 59.7 Å². The fraction of sp³-hybridized carbons (Fsp3) is 0.417. The Bertz CT molecular complexity index is 820. The van der Waals surface area contributed by atoms with Gasteiger partial charge in [0.25, 0.3) is 5.91 Å². The third-order valence-corrected chi connectivity index (χ3v) is 5.06. The first-order chi connectivity index (χ1) is 13.8. The van der Waals surface area contributed by atoms with Gasteiger partial charge in [0.05, 0.1) is 0 Å². The van der Waals surface area contributed by atoms with E-state index in [1.165, 1.54) is 0 Å². The zero-order chi connectivity index (χ0) is 21.4. The highest BCUT2D eigenvalue weighted by Crippen LogP contribution is 2.19. The third kappa shape index (κ3) is 6.63. The second kappa shape index (κ2) is 10.6. The first-order valence-corrected chi connectivity index (χ1v) is 10.2. The SMILES string of the molecule is CCC(C)NC(=O)C(C)N(Cc1ccccc1)C(=O)COc1cc(C)ccc1C. The third-order valence-electron chi connectivity index (χ3n) is 5.06. The summed E-state index contributed by atoms with van der Waals surface area (Å²) in [5, 5.41) is 2.97. The minimum absolute atomic E-state index is 0.0600. The van der Waals surface area contributed by atoms with Crippen LogP contribution in [0.3, 0.4) is 0 Å². The van der Waals surface area contributed by atoms with Gasteiger partial charge in [-0.15, -0.1) is 0 Å². The van der Waals surface area contributed by atoms with Crippen molar-refractivity contribution in [2.75, 3.05) is 6.61 Å². The number of carbonyl (C=O) groups is 2. The van der Waals surface area contributed by atoms with Crippen LogP contribution in [0.25, 0.3) is 0 Å². The molecule has 0 aromatic heterocycles. The monoisotopic (exact) mass is 396 g/mol. The van der Waals surface area contributed by atoms with Gasteiger partial charge in [0, 0.05) is 12.6 Å². The zero-order valence-electron chi connectivity index (χ0n) is 18.1. The van der Waals surface area contributed by atoms with Crippen molar-refractivity contribution in [1.29, 1.82) is 0 Å². The average molecular weight is 397 g/mol. The molecule has 0 fully saturated rings. The van der Waals surface area contributed by atoms with Gasteiger partial charge >= 0.3 is 0 Å². The summed E-state index contributed by atoms with van der Waals surface area (Å²) < 4.78 is 5.81. The molecule has 0 saturated heterocycles. The first kappa shape index (κ1) is 22.5. The van der Waals surface area contributed by atoms with Crippen LogP contribution >= 0.6 is 0 Å². The lowest BCUT2D eigenvalue weighted by Gasteiger charge is -2.29. The number of nitrogens with zero attached hydrogens (tertiary/aromatic N) is 1. The molecule has 2 aromatic rings. The molecule has 5 nitrogen and oxygen atoms in total. The predicted octanol–water partition coefficient (Wildman–Crippen LogP) is 4.01. The molecule has 29 heavy (non-hydrogen) atoms. The predicted molar refractivity (Wildman–Crippen MR) is 116 cm³/mol. The molecule has 1 N–H and O–H groups in total. The molecule has 2 aromatic carbocycles. The van der Waals surface area contributed by atoms with Crippen LogP contribution in [0.2, 0.25) is 0 Å². The number of carbonyl (C=O) groups excluding carboxylic acids is 2. The van der Waals surface area contributed by atoms with E-state index in [9.17, 15) is 9.59 Å². The van der Waals surface area contributed by atoms with Gasteiger partial charge in [-0.1, -0.05) is 49.4 Å². The highest BCUT2D eigenvalue weighted by Gasteiger charge is 2.27. The fourth-order valence-electron chi connectivity index (χ4n) is 2.91. The molecule has 0 aliphatic heterocycles. The number of aryl methyl sites for hydroxylation is 2. The maximum Gasteiger partial charge on any atom is 0.261 e. The fourth-order valence-corrected chi connectivity index (χ4v) is 2.91. The molecule has 2 amide bonds. The van der Waals surface area contributed by atoms with E-state index in [0.717, 1.165) is 23.1 Å². The molecule has 156 valence electrons. The maximum atomic E-state index is 13.0. The van der Waals surface area contributed by atoms with E-state index < -0.39 is 6.04 Å². The Kier molecular flexibility index (Phi) is 8.25. The van der Waals surface area contributed by atoms with Crippen LogP contribution in [0.15, 0.2) is 48.5 Å². The van der Waals surface area contributed by atoms with Gasteiger partial charge in [-0.2, -0.15) is 0 Å². The van der Waals surface area contributed by atoms with Crippen LogP contribution in [0.1, 0.15) is 43.9 Å². The number of hydrogen-bond donors (Lipinski definition) is 1. The van der Waals surface area contributed by atoms with Gasteiger partial charge in [0.2, 0.25) is 5.91 Å². The molecule has 2 unspecified atom stereocenters. The number of rotatable bonds is 9. The molecular formula is C24H32N2O3. The molecular weight excluding hydrogens is 364 g/mol. The van der Waals surface area contributed by atoms with Crippen molar-refractivity contribution in [3.8, 4) is 5.75 Å². The Labute approximate surface area is 174 Å². The van der Waals surface area contributed by atoms with E-state index in [1.54, 1.807) is 11.8 Å². The number of amides is 2. The molecule has 0 aliphatic carbocycles. The molecule has 0 saturated carbocycles. The molecule has 0 aliphatic rings. The summed E-state index contributed by atoms with van der Waals surface area (Å²) in [6.07, 6.45) is 0.834. The van der Waals surface area contributed by atoms with E-state index in [0.29, 0.717) is 12.3 Å². The summed E-state index contributed by atoms with van der Waals surface area (Å²) in [6.45, 7) is 9.90. The second-order valence-electron chi connectivity index (χ2n) is 7.56. The highest BCUT2D eigenvalue weighted by molar-refractivity contribution is 5.88. The van der Waals surface area contributed by atoms with Gasteiger partial charge < -0.3 is 15.0 Å². The van der Waals surface area contributed by atoms with Crippen molar-refractivity contribution in [3.63, 3.8) is 0 Å². The van der Waals surface area contributed by atoms with E-state index >= 15 is 0 Å². The van der Waals surface area contributed by atoms with Gasteiger partial charge in [-0.05, 0) is 56.9 Å². The second-order valence-corrected chi connectivity index (χ2v) is 7.56. The molecule has 0 bridgehead atoms. The van der Waals surface area contributed by atoms with Gasteiger partial charge in [-0.3, -0.25) is 9.59 Å². The smallest absolute Gasteiger partial charge is 0.261 e. The summed E-state index contributed by atoms with van der Waals surface area (Å²) in [5.41, 5.74) is 3.01. The Morgan fingerprint density at radius 3 is 2.41 bits per heavy atom. The van der Waals surface area contributed by atoms with Crippen LogP contribution in [-0.2, 0) is 16.1 Å². The Morgan fingerprint density at radius 1 is 1.07 bits per heavy atom. The number of nitrogens with one attached hydrogen (secondary N) is 1. The normalized spacial score (nSPS) is 12.7. The van der Waals surface area contributed by atoms with E-state index in [4.69, 9.17) is 4.74 Å². The Balaban J connectivity index is 2.15. The summed E-state index contributed by atoms with van der Waals surface area (Å²) in [6, 6.07) is 15.0. The van der Waals surface area contributed by atoms with Gasteiger partial charge in [0.15, 0.2) is 6.61 Å². The summed E-state index contributed by atoms with van der Waals surface area (Å²) >= 11 is 0. The van der Waals surface area contributed by atoms with Gasteiger partial charge in [-0.25, -0.2) is 0 Å². The summed E-state index contributed by atoms with van der Waals surface area (Å²) in [4.78, 5) is 27.3. The van der Waals surface area contributed by atoms with Crippen molar-refractivity contribution in [1.82, 2.24) is 10.2 Å².